The molecule has 2 rings (SSSR count). The zero-order valence-corrected chi connectivity index (χ0v) is 10.4. The maximum absolute atomic E-state index is 13.9. The smallest absolute Gasteiger partial charge is 0.338 e. The summed E-state index contributed by atoms with van der Waals surface area (Å²) in [6.45, 7) is 1.72. The van der Waals surface area contributed by atoms with Crippen LogP contribution in [-0.2, 0) is 0 Å². The van der Waals surface area contributed by atoms with Gasteiger partial charge in [-0.15, -0.1) is 0 Å². The summed E-state index contributed by atoms with van der Waals surface area (Å²) >= 11 is 0. The number of aromatic nitrogens is 1. The Labute approximate surface area is 113 Å². The molecule has 0 aliphatic carbocycles. The van der Waals surface area contributed by atoms with Crippen molar-refractivity contribution in [3.05, 3.63) is 53.0 Å². The summed E-state index contributed by atoms with van der Waals surface area (Å²) < 4.78 is 19.2. The molecule has 0 spiro atoms. The molecule has 2 aromatic rings. The first kappa shape index (κ1) is 13.5. The van der Waals surface area contributed by atoms with Crippen molar-refractivity contribution >= 4 is 5.97 Å². The molecular formula is C14H9FN2O3. The van der Waals surface area contributed by atoms with Crippen molar-refractivity contribution in [3.8, 4) is 17.7 Å². The summed E-state index contributed by atoms with van der Waals surface area (Å²) in [6, 6.07) is 7.66. The average molecular weight is 272 g/mol. The van der Waals surface area contributed by atoms with Gasteiger partial charge in [0.1, 0.15) is 11.3 Å². The minimum absolute atomic E-state index is 0.248. The molecule has 6 heteroatoms. The number of benzene rings is 1. The van der Waals surface area contributed by atoms with Crippen LogP contribution < -0.4 is 4.74 Å². The van der Waals surface area contributed by atoms with Gasteiger partial charge >= 0.3 is 5.97 Å². The molecular weight excluding hydrogens is 263 g/mol. The quantitative estimate of drug-likeness (QED) is 0.928. The molecule has 1 heterocycles. The van der Waals surface area contributed by atoms with Gasteiger partial charge in [0.05, 0.1) is 11.6 Å². The number of carboxylic acid groups (broad SMARTS) is 1. The zero-order valence-electron chi connectivity index (χ0n) is 10.4. The van der Waals surface area contributed by atoms with Crippen molar-refractivity contribution in [2.24, 2.45) is 0 Å². The van der Waals surface area contributed by atoms with Crippen molar-refractivity contribution in [2.75, 3.05) is 0 Å². The van der Waals surface area contributed by atoms with Gasteiger partial charge in [0.2, 0.25) is 0 Å². The van der Waals surface area contributed by atoms with E-state index in [9.17, 15) is 9.18 Å². The number of aryl methyl sites for hydroxylation is 1. The van der Waals surface area contributed by atoms with Crippen molar-refractivity contribution in [2.45, 2.75) is 6.92 Å². The average Bonchev–Trinajstić information content (AvgIpc) is 2.43. The highest BCUT2D eigenvalue weighted by Gasteiger charge is 2.17. The van der Waals surface area contributed by atoms with Crippen LogP contribution >= 0.6 is 0 Å². The van der Waals surface area contributed by atoms with Crippen molar-refractivity contribution < 1.29 is 19.0 Å². The van der Waals surface area contributed by atoms with Gasteiger partial charge in [-0.2, -0.15) is 5.26 Å². The molecule has 0 bridgehead atoms. The molecule has 1 N–H and O–H groups in total. The Morgan fingerprint density at radius 1 is 1.45 bits per heavy atom. The van der Waals surface area contributed by atoms with E-state index in [0.717, 1.165) is 12.3 Å². The molecule has 0 aliphatic heterocycles. The Morgan fingerprint density at radius 3 is 2.85 bits per heavy atom. The second-order valence-electron chi connectivity index (χ2n) is 3.98. The number of pyridine rings is 1. The van der Waals surface area contributed by atoms with Gasteiger partial charge in [-0.05, 0) is 30.7 Å². The van der Waals surface area contributed by atoms with E-state index in [1.165, 1.54) is 6.07 Å². The van der Waals surface area contributed by atoms with Gasteiger partial charge in [-0.3, -0.25) is 0 Å². The molecule has 0 saturated heterocycles. The van der Waals surface area contributed by atoms with E-state index < -0.39 is 23.2 Å². The van der Waals surface area contributed by atoms with Gasteiger partial charge in [-0.25, -0.2) is 14.2 Å². The number of carboxylic acids is 1. The number of carbonyl (C=O) groups is 1. The number of hydrogen-bond acceptors (Lipinski definition) is 4. The lowest BCUT2D eigenvalue weighted by molar-refractivity contribution is 0.0690. The summed E-state index contributed by atoms with van der Waals surface area (Å²) in [6.07, 6.45) is 1.14. The first-order valence-corrected chi connectivity index (χ1v) is 5.59. The second kappa shape index (κ2) is 5.36. The number of ether oxygens (including phenoxy) is 1. The molecule has 0 aliphatic rings. The minimum atomic E-state index is -1.41. The predicted molar refractivity (Wildman–Crippen MR) is 67.1 cm³/mol. The van der Waals surface area contributed by atoms with E-state index in [0.29, 0.717) is 11.1 Å². The Balaban J connectivity index is 2.43. The highest BCUT2D eigenvalue weighted by molar-refractivity contribution is 5.88. The van der Waals surface area contributed by atoms with E-state index in [1.807, 2.05) is 6.07 Å². The number of hydrogen-bond donors (Lipinski definition) is 1. The molecule has 0 atom stereocenters. The van der Waals surface area contributed by atoms with Crippen LogP contribution in [0.5, 0.6) is 11.6 Å². The molecule has 0 amide bonds. The summed E-state index contributed by atoms with van der Waals surface area (Å²) in [5, 5.41) is 17.6. The van der Waals surface area contributed by atoms with Crippen LogP contribution in [0.15, 0.2) is 30.5 Å². The molecule has 1 aromatic carbocycles. The van der Waals surface area contributed by atoms with E-state index in [2.05, 4.69) is 4.98 Å². The summed E-state index contributed by atoms with van der Waals surface area (Å²) in [7, 11) is 0. The van der Waals surface area contributed by atoms with Crippen molar-refractivity contribution in [3.63, 3.8) is 0 Å². The van der Waals surface area contributed by atoms with E-state index in [1.54, 1.807) is 19.1 Å². The number of rotatable bonds is 3. The van der Waals surface area contributed by atoms with Gasteiger partial charge in [-0.1, -0.05) is 6.07 Å². The molecule has 0 fully saturated rings. The lowest BCUT2D eigenvalue weighted by atomic mass is 10.1. The number of nitrogens with zero attached hydrogens (tertiary/aromatic N) is 2. The maximum atomic E-state index is 13.9. The fourth-order valence-electron chi connectivity index (χ4n) is 1.54. The highest BCUT2D eigenvalue weighted by atomic mass is 19.1. The van der Waals surface area contributed by atoms with Crippen molar-refractivity contribution in [1.29, 1.82) is 5.26 Å². The van der Waals surface area contributed by atoms with E-state index in [4.69, 9.17) is 15.1 Å². The third-order valence-electron chi connectivity index (χ3n) is 2.61. The molecule has 20 heavy (non-hydrogen) atoms. The Morgan fingerprint density at radius 2 is 2.20 bits per heavy atom. The Kier molecular flexibility index (Phi) is 3.62. The monoisotopic (exact) mass is 272 g/mol. The van der Waals surface area contributed by atoms with Crippen LogP contribution in [-0.4, -0.2) is 16.1 Å². The lowest BCUT2D eigenvalue weighted by Gasteiger charge is -2.09. The normalized spacial score (nSPS) is 9.85. The lowest BCUT2D eigenvalue weighted by Crippen LogP contribution is -2.03. The van der Waals surface area contributed by atoms with Crippen LogP contribution in [0, 0.1) is 24.1 Å². The van der Waals surface area contributed by atoms with Crippen LogP contribution in [0.2, 0.25) is 0 Å². The van der Waals surface area contributed by atoms with Gasteiger partial charge < -0.3 is 9.84 Å². The van der Waals surface area contributed by atoms with Crippen LogP contribution in [0.1, 0.15) is 21.5 Å². The predicted octanol–water partition coefficient (Wildman–Crippen LogP) is 2.89. The standard InChI is InChI=1S/C14H9FN2O3/c1-8-2-3-9(7-16)6-11(8)20-13-12(15)10(14(18)19)4-5-17-13/h2-6H,1H3,(H,18,19). The highest BCUT2D eigenvalue weighted by Crippen LogP contribution is 2.27. The second-order valence-corrected chi connectivity index (χ2v) is 3.98. The molecule has 0 saturated carbocycles. The first-order valence-electron chi connectivity index (χ1n) is 5.59. The fourth-order valence-corrected chi connectivity index (χ4v) is 1.54. The topological polar surface area (TPSA) is 83.2 Å². The molecule has 1 aromatic heterocycles. The summed E-state index contributed by atoms with van der Waals surface area (Å²) in [5.74, 6) is -2.65. The first-order chi connectivity index (χ1) is 9.52. The molecule has 0 radical (unpaired) electrons. The van der Waals surface area contributed by atoms with Crippen LogP contribution in [0.25, 0.3) is 0 Å². The van der Waals surface area contributed by atoms with E-state index in [-0.39, 0.29) is 5.75 Å². The minimum Gasteiger partial charge on any atom is -0.478 e. The van der Waals surface area contributed by atoms with Crippen LogP contribution in [0.3, 0.4) is 0 Å². The third kappa shape index (κ3) is 2.57. The SMILES string of the molecule is Cc1ccc(C#N)cc1Oc1nccc(C(=O)O)c1F. The largest absolute Gasteiger partial charge is 0.478 e. The molecule has 0 unspecified atom stereocenters. The van der Waals surface area contributed by atoms with Gasteiger partial charge in [0, 0.05) is 6.20 Å². The van der Waals surface area contributed by atoms with Gasteiger partial charge in [0.25, 0.3) is 5.88 Å². The zero-order chi connectivity index (χ0) is 14.7. The fraction of sp³-hybridized carbons (Fsp3) is 0.0714. The number of halogens is 1. The van der Waals surface area contributed by atoms with Gasteiger partial charge in [0.15, 0.2) is 5.82 Å². The number of nitriles is 1. The van der Waals surface area contributed by atoms with Crippen LogP contribution in [0.4, 0.5) is 4.39 Å². The Bertz CT molecular complexity index is 723. The third-order valence-corrected chi connectivity index (χ3v) is 2.61. The Hall–Kier alpha value is -2.94. The summed E-state index contributed by atoms with van der Waals surface area (Å²) in [4.78, 5) is 14.5. The van der Waals surface area contributed by atoms with E-state index >= 15 is 0 Å². The molecule has 5 nitrogen and oxygen atoms in total. The number of aromatic carboxylic acids is 1. The maximum Gasteiger partial charge on any atom is 0.338 e. The van der Waals surface area contributed by atoms with Crippen molar-refractivity contribution in [1.82, 2.24) is 4.98 Å². The molecule has 100 valence electrons. The summed E-state index contributed by atoms with van der Waals surface area (Å²) in [5.41, 5.74) is 0.496.